The van der Waals surface area contributed by atoms with Crippen LogP contribution in [-0.4, -0.2) is 15.6 Å². The van der Waals surface area contributed by atoms with Crippen LogP contribution in [0.5, 0.6) is 0 Å². The lowest BCUT2D eigenvalue weighted by Crippen LogP contribution is -2.06. The molecule has 2 nitrogen and oxygen atoms in total. The lowest BCUT2D eigenvalue weighted by molar-refractivity contribution is 0.108. The zero-order valence-corrected chi connectivity index (χ0v) is 7.85. The molecule has 0 saturated carbocycles. The topological polar surface area (TPSA) is 34.1 Å². The Morgan fingerprint density at radius 3 is 2.42 bits per heavy atom. The van der Waals surface area contributed by atoms with E-state index in [-0.39, 0.29) is 5.12 Å². The number of hydrogen-bond acceptors (Lipinski definition) is 2. The molecule has 0 spiro atoms. The van der Waals surface area contributed by atoms with Crippen LogP contribution in [-0.2, 0) is 10.8 Å². The van der Waals surface area contributed by atoms with E-state index < -0.39 is 10.8 Å². The Kier molecular flexibility index (Phi) is 2.76. The van der Waals surface area contributed by atoms with Crippen LogP contribution in [0.15, 0.2) is 24.3 Å². The summed E-state index contributed by atoms with van der Waals surface area (Å²) in [6, 6.07) is 7.15. The van der Waals surface area contributed by atoms with Gasteiger partial charge in [0.15, 0.2) is 0 Å². The van der Waals surface area contributed by atoms with Crippen molar-refractivity contribution in [2.75, 3.05) is 6.26 Å². The average Bonchev–Trinajstić information content (AvgIpc) is 2.04. The van der Waals surface area contributed by atoms with E-state index >= 15 is 0 Å². The summed E-state index contributed by atoms with van der Waals surface area (Å²) in [5.74, 6) is 0. The van der Waals surface area contributed by atoms with Gasteiger partial charge in [0.2, 0.25) is 5.12 Å². The highest BCUT2D eigenvalue weighted by molar-refractivity contribution is 8.00. The molecule has 12 heavy (non-hydrogen) atoms. The fourth-order valence-corrected chi connectivity index (χ4v) is 1.50. The van der Waals surface area contributed by atoms with Gasteiger partial charge in [0.05, 0.1) is 10.8 Å². The molecular formula is C9H10O2S. The molecule has 0 aromatic heterocycles. The van der Waals surface area contributed by atoms with E-state index in [1.165, 1.54) is 6.26 Å². The third-order valence-electron chi connectivity index (χ3n) is 1.63. The Morgan fingerprint density at radius 2 is 1.92 bits per heavy atom. The molecule has 0 N–H and O–H groups in total. The van der Waals surface area contributed by atoms with Gasteiger partial charge in [0.25, 0.3) is 0 Å². The first kappa shape index (κ1) is 9.13. The monoisotopic (exact) mass is 182 g/mol. The van der Waals surface area contributed by atoms with Crippen LogP contribution in [0.1, 0.15) is 15.9 Å². The summed E-state index contributed by atoms with van der Waals surface area (Å²) in [6.45, 7) is 1.83. The van der Waals surface area contributed by atoms with Gasteiger partial charge in [-0.2, -0.15) is 0 Å². The number of rotatable bonds is 1. The fourth-order valence-electron chi connectivity index (χ4n) is 0.957. The molecule has 3 heteroatoms. The lowest BCUT2D eigenvalue weighted by atomic mass is 10.1. The van der Waals surface area contributed by atoms with Crippen LogP contribution in [0.25, 0.3) is 0 Å². The summed E-state index contributed by atoms with van der Waals surface area (Å²) in [5.41, 5.74) is 1.43. The molecule has 1 aromatic carbocycles. The first-order chi connectivity index (χ1) is 5.63. The van der Waals surface area contributed by atoms with Crippen molar-refractivity contribution in [2.45, 2.75) is 6.92 Å². The quantitative estimate of drug-likeness (QED) is 0.659. The minimum atomic E-state index is -1.41. The van der Waals surface area contributed by atoms with Gasteiger partial charge >= 0.3 is 0 Å². The highest BCUT2D eigenvalue weighted by Gasteiger charge is 2.10. The second-order valence-electron chi connectivity index (χ2n) is 2.56. The molecule has 1 atom stereocenters. The summed E-state index contributed by atoms with van der Waals surface area (Å²) in [4.78, 5) is 11.3. The summed E-state index contributed by atoms with van der Waals surface area (Å²) < 4.78 is 10.9. The van der Waals surface area contributed by atoms with Crippen LogP contribution in [0.2, 0.25) is 0 Å². The normalized spacial score (nSPS) is 12.5. The van der Waals surface area contributed by atoms with E-state index in [1.54, 1.807) is 12.1 Å². The van der Waals surface area contributed by atoms with Gasteiger partial charge < -0.3 is 0 Å². The van der Waals surface area contributed by atoms with Gasteiger partial charge in [-0.05, 0) is 12.5 Å². The van der Waals surface area contributed by atoms with E-state index in [4.69, 9.17) is 0 Å². The van der Waals surface area contributed by atoms with Gasteiger partial charge in [0, 0.05) is 11.8 Å². The number of carbonyl (C=O) groups is 1. The largest absolute Gasteiger partial charge is 0.279 e. The van der Waals surface area contributed by atoms with Crippen molar-refractivity contribution in [3.8, 4) is 0 Å². The summed E-state index contributed by atoms with van der Waals surface area (Å²) in [5, 5.41) is -0.298. The maximum absolute atomic E-state index is 11.3. The fraction of sp³-hybridized carbons (Fsp3) is 0.222. The minimum Gasteiger partial charge on any atom is -0.279 e. The van der Waals surface area contributed by atoms with Crippen molar-refractivity contribution < 1.29 is 9.00 Å². The predicted octanol–water partition coefficient (Wildman–Crippen LogP) is 1.51. The highest BCUT2D eigenvalue weighted by Crippen LogP contribution is 2.08. The van der Waals surface area contributed by atoms with E-state index in [9.17, 15) is 9.00 Å². The first-order valence-corrected chi connectivity index (χ1v) is 5.12. The van der Waals surface area contributed by atoms with Crippen molar-refractivity contribution >= 4 is 15.9 Å². The number of hydrogen-bond donors (Lipinski definition) is 0. The van der Waals surface area contributed by atoms with Crippen molar-refractivity contribution in [1.29, 1.82) is 0 Å². The van der Waals surface area contributed by atoms with Gasteiger partial charge in [-0.15, -0.1) is 0 Å². The maximum atomic E-state index is 11.3. The van der Waals surface area contributed by atoms with Gasteiger partial charge in [0.1, 0.15) is 0 Å². The van der Waals surface area contributed by atoms with Crippen molar-refractivity contribution in [3.05, 3.63) is 35.4 Å². The third kappa shape index (κ3) is 1.80. The molecule has 64 valence electrons. The third-order valence-corrected chi connectivity index (χ3v) is 2.37. The molecule has 0 fully saturated rings. The smallest absolute Gasteiger partial charge is 0.249 e. The standard InChI is InChI=1S/C9H10O2S/c1-7-5-3-4-6-8(7)9(10)12(2)11/h3-6H,1-2H3. The molecule has 0 heterocycles. The van der Waals surface area contributed by atoms with E-state index in [0.29, 0.717) is 5.56 Å². The molecule has 1 unspecified atom stereocenters. The Morgan fingerprint density at radius 1 is 1.33 bits per heavy atom. The minimum absolute atomic E-state index is 0.298. The molecule has 0 saturated heterocycles. The van der Waals surface area contributed by atoms with Gasteiger partial charge in [-0.3, -0.25) is 9.00 Å². The number of aryl methyl sites for hydroxylation is 1. The van der Waals surface area contributed by atoms with Crippen LogP contribution >= 0.6 is 0 Å². The predicted molar refractivity (Wildman–Crippen MR) is 49.6 cm³/mol. The molecule has 0 aliphatic heterocycles. The molecule has 0 amide bonds. The van der Waals surface area contributed by atoms with Gasteiger partial charge in [-0.1, -0.05) is 24.3 Å². The van der Waals surface area contributed by atoms with Crippen LogP contribution in [0.3, 0.4) is 0 Å². The first-order valence-electron chi connectivity index (χ1n) is 3.56. The van der Waals surface area contributed by atoms with Gasteiger partial charge in [-0.25, -0.2) is 0 Å². The zero-order valence-electron chi connectivity index (χ0n) is 7.03. The van der Waals surface area contributed by atoms with Crippen molar-refractivity contribution in [3.63, 3.8) is 0 Å². The number of carbonyl (C=O) groups excluding carboxylic acids is 1. The molecular weight excluding hydrogens is 172 g/mol. The maximum Gasteiger partial charge on any atom is 0.249 e. The zero-order chi connectivity index (χ0) is 9.14. The molecule has 0 aliphatic carbocycles. The van der Waals surface area contributed by atoms with Crippen molar-refractivity contribution in [2.24, 2.45) is 0 Å². The molecule has 0 bridgehead atoms. The Hall–Kier alpha value is -0.960. The highest BCUT2D eigenvalue weighted by atomic mass is 32.2. The van der Waals surface area contributed by atoms with Crippen molar-refractivity contribution in [1.82, 2.24) is 0 Å². The second-order valence-corrected chi connectivity index (χ2v) is 3.84. The van der Waals surface area contributed by atoms with E-state index in [1.807, 2.05) is 19.1 Å². The number of benzene rings is 1. The summed E-state index contributed by atoms with van der Waals surface area (Å²) >= 11 is 0. The summed E-state index contributed by atoms with van der Waals surface area (Å²) in [6.07, 6.45) is 1.40. The second kappa shape index (κ2) is 3.63. The SMILES string of the molecule is Cc1ccccc1C(=O)S(C)=O. The van der Waals surface area contributed by atoms with Crippen LogP contribution in [0.4, 0.5) is 0 Å². The molecule has 1 aromatic rings. The summed E-state index contributed by atoms with van der Waals surface area (Å²) in [7, 11) is -1.41. The Balaban J connectivity index is 3.11. The van der Waals surface area contributed by atoms with Crippen LogP contribution in [0, 0.1) is 6.92 Å². The van der Waals surface area contributed by atoms with E-state index in [0.717, 1.165) is 5.56 Å². The average molecular weight is 182 g/mol. The molecule has 1 rings (SSSR count). The van der Waals surface area contributed by atoms with Crippen LogP contribution < -0.4 is 0 Å². The molecule has 0 aliphatic rings. The Labute approximate surface area is 74.1 Å². The lowest BCUT2D eigenvalue weighted by Gasteiger charge is -2.00. The van der Waals surface area contributed by atoms with E-state index in [2.05, 4.69) is 0 Å². The molecule has 0 radical (unpaired) electrons. The Bertz CT molecular complexity index is 331.